The third kappa shape index (κ3) is 76.8. The molecule has 0 aliphatic heterocycles. The maximum Gasteiger partial charge on any atom is 0.472 e. The molecule has 0 fully saturated rings. The molecule has 0 spiro atoms. The van der Waals surface area contributed by atoms with Crippen molar-refractivity contribution in [2.75, 3.05) is 39.6 Å². The molecule has 104 heavy (non-hydrogen) atoms. The Hall–Kier alpha value is -1.94. The third-order valence-electron chi connectivity index (χ3n) is 20.3. The summed E-state index contributed by atoms with van der Waals surface area (Å²) in [6, 6.07) is 0. The summed E-state index contributed by atoms with van der Waals surface area (Å²) in [6.07, 6.45) is 68.5. The van der Waals surface area contributed by atoms with E-state index in [1.807, 2.05) is 0 Å². The molecule has 0 bridgehead atoms. The molecule has 17 nitrogen and oxygen atoms in total. The number of phosphoric acid groups is 2. The van der Waals surface area contributed by atoms with Gasteiger partial charge in [-0.3, -0.25) is 37.3 Å². The second-order valence-electron chi connectivity index (χ2n) is 31.3. The van der Waals surface area contributed by atoms with Crippen LogP contribution in [0.1, 0.15) is 452 Å². The van der Waals surface area contributed by atoms with Crippen LogP contribution >= 0.6 is 15.6 Å². The van der Waals surface area contributed by atoms with Crippen LogP contribution < -0.4 is 0 Å². The molecule has 0 heterocycles. The Bertz CT molecular complexity index is 2000. The second kappa shape index (κ2) is 76.4. The number of hydrogen-bond donors (Lipinski definition) is 3. The largest absolute Gasteiger partial charge is 0.472 e. The Balaban J connectivity index is 5.10. The standard InChI is InChI=1S/C85H166O17P2/c1-7-10-12-14-15-16-17-18-19-20-21-25-30-35-40-45-50-56-62-68-83(88)96-74-81(102-85(90)70-64-57-51-46-41-36-31-26-23-22-24-29-34-39-44-49-55-60-66-78(6)9-3)76-100-104(93,94)98-72-79(86)71-97-103(91,92)99-75-80(73-95-82(87)67-61-53-13-11-8-2)101-84(89)69-63-58-52-47-42-37-32-27-28-33-38-43-48-54-59-65-77(4)5/h77-81,86H,7-76H2,1-6H3,(H,91,92)(H,93,94)/t78?,79-,80+,81+/m0/s1. The highest BCUT2D eigenvalue weighted by molar-refractivity contribution is 7.47. The van der Waals surface area contributed by atoms with E-state index >= 15 is 0 Å². The van der Waals surface area contributed by atoms with E-state index in [2.05, 4.69) is 41.5 Å². The topological polar surface area (TPSA) is 237 Å². The van der Waals surface area contributed by atoms with E-state index in [0.717, 1.165) is 108 Å². The number of unbranched alkanes of at least 4 members (excludes halogenated alkanes) is 53. The highest BCUT2D eigenvalue weighted by Crippen LogP contribution is 2.45. The highest BCUT2D eigenvalue weighted by atomic mass is 31.2. The summed E-state index contributed by atoms with van der Waals surface area (Å²) in [5, 5.41) is 10.6. The van der Waals surface area contributed by atoms with Crippen molar-refractivity contribution in [1.82, 2.24) is 0 Å². The van der Waals surface area contributed by atoms with E-state index < -0.39 is 97.5 Å². The molecule has 0 aromatic heterocycles. The van der Waals surface area contributed by atoms with Gasteiger partial charge in [-0.05, 0) is 37.5 Å². The number of rotatable bonds is 84. The fourth-order valence-corrected chi connectivity index (χ4v) is 14.8. The Labute approximate surface area is 638 Å². The summed E-state index contributed by atoms with van der Waals surface area (Å²) >= 11 is 0. The number of hydrogen-bond acceptors (Lipinski definition) is 15. The molecule has 0 radical (unpaired) electrons. The summed E-state index contributed by atoms with van der Waals surface area (Å²) in [5.41, 5.74) is 0. The van der Waals surface area contributed by atoms with Gasteiger partial charge in [0, 0.05) is 25.7 Å². The van der Waals surface area contributed by atoms with Gasteiger partial charge in [-0.1, -0.05) is 401 Å². The highest BCUT2D eigenvalue weighted by Gasteiger charge is 2.30. The van der Waals surface area contributed by atoms with Crippen LogP contribution in [0.4, 0.5) is 0 Å². The zero-order valence-electron chi connectivity index (χ0n) is 68.3. The zero-order chi connectivity index (χ0) is 76.4. The fourth-order valence-electron chi connectivity index (χ4n) is 13.2. The average Bonchev–Trinajstić information content (AvgIpc) is 0.905. The SMILES string of the molecule is CCCCCCCCCCCCCCCCCCCCCC(=O)OC[C@H](COP(=O)(O)OC[C@@H](O)COP(=O)(O)OC[C@@H](COC(=O)CCCCCCC)OC(=O)CCCCCCCCCCCCCCCCCC(C)C)OC(=O)CCCCCCCCCCCCCCCCCCCCC(C)CC. The van der Waals surface area contributed by atoms with Gasteiger partial charge in [0.15, 0.2) is 12.2 Å². The molecule has 0 aromatic rings. The minimum absolute atomic E-state index is 0.107. The summed E-state index contributed by atoms with van der Waals surface area (Å²) in [4.78, 5) is 72.9. The Morgan fingerprint density at radius 1 is 0.279 bits per heavy atom. The molecular formula is C85H166O17P2. The first-order chi connectivity index (χ1) is 50.4. The maximum absolute atomic E-state index is 13.1. The van der Waals surface area contributed by atoms with E-state index in [1.165, 1.54) is 263 Å². The Kier molecular flexibility index (Phi) is 75.0. The number of carbonyl (C=O) groups is 4. The van der Waals surface area contributed by atoms with Gasteiger partial charge in [0.05, 0.1) is 26.4 Å². The number of ether oxygens (including phenoxy) is 4. The first-order valence-electron chi connectivity index (χ1n) is 44.0. The van der Waals surface area contributed by atoms with Crippen molar-refractivity contribution in [2.45, 2.75) is 471 Å². The number of aliphatic hydroxyl groups is 1. The molecule has 0 saturated heterocycles. The van der Waals surface area contributed by atoms with Crippen molar-refractivity contribution < 1.29 is 80.2 Å². The van der Waals surface area contributed by atoms with E-state index in [9.17, 15) is 43.2 Å². The third-order valence-corrected chi connectivity index (χ3v) is 22.2. The lowest BCUT2D eigenvalue weighted by Crippen LogP contribution is -2.30. The summed E-state index contributed by atoms with van der Waals surface area (Å²) < 4.78 is 68.6. The van der Waals surface area contributed by atoms with Crippen LogP contribution in [0.5, 0.6) is 0 Å². The first kappa shape index (κ1) is 102. The second-order valence-corrected chi connectivity index (χ2v) is 34.2. The van der Waals surface area contributed by atoms with Crippen molar-refractivity contribution in [1.29, 1.82) is 0 Å². The molecule has 6 atom stereocenters. The van der Waals surface area contributed by atoms with Gasteiger partial charge >= 0.3 is 39.5 Å². The van der Waals surface area contributed by atoms with E-state index in [0.29, 0.717) is 25.7 Å². The summed E-state index contributed by atoms with van der Waals surface area (Å²) in [5.74, 6) is -0.441. The van der Waals surface area contributed by atoms with Gasteiger partial charge in [-0.15, -0.1) is 0 Å². The van der Waals surface area contributed by atoms with E-state index in [1.54, 1.807) is 0 Å². The van der Waals surface area contributed by atoms with Crippen molar-refractivity contribution in [3.8, 4) is 0 Å². The van der Waals surface area contributed by atoms with Crippen LogP contribution in [0.2, 0.25) is 0 Å². The van der Waals surface area contributed by atoms with Gasteiger partial charge < -0.3 is 33.8 Å². The first-order valence-corrected chi connectivity index (χ1v) is 47.0. The molecule has 3 unspecified atom stereocenters. The molecule has 0 rings (SSSR count). The van der Waals surface area contributed by atoms with Crippen LogP contribution in [-0.4, -0.2) is 96.7 Å². The van der Waals surface area contributed by atoms with Crippen molar-refractivity contribution in [2.24, 2.45) is 11.8 Å². The van der Waals surface area contributed by atoms with Crippen molar-refractivity contribution in [3.05, 3.63) is 0 Å². The van der Waals surface area contributed by atoms with E-state index in [4.69, 9.17) is 37.0 Å². The van der Waals surface area contributed by atoms with Crippen LogP contribution in [0.3, 0.4) is 0 Å². The molecular weight excluding hydrogens is 1350 g/mol. The zero-order valence-corrected chi connectivity index (χ0v) is 70.1. The molecule has 0 aliphatic carbocycles. The van der Waals surface area contributed by atoms with Crippen molar-refractivity contribution in [3.63, 3.8) is 0 Å². The minimum atomic E-state index is -4.96. The average molecular weight is 1520 g/mol. The normalized spacial score (nSPS) is 14.1. The predicted octanol–water partition coefficient (Wildman–Crippen LogP) is 25.8. The molecule has 618 valence electrons. The fraction of sp³-hybridized carbons (Fsp3) is 0.953. The van der Waals surface area contributed by atoms with Crippen LogP contribution in [0.15, 0.2) is 0 Å². The maximum atomic E-state index is 13.1. The molecule has 0 saturated carbocycles. The quantitative estimate of drug-likeness (QED) is 0.0222. The lowest BCUT2D eigenvalue weighted by molar-refractivity contribution is -0.161. The van der Waals surface area contributed by atoms with Crippen LogP contribution in [0, 0.1) is 11.8 Å². The number of carbonyl (C=O) groups excluding carboxylic acids is 4. The molecule has 0 amide bonds. The van der Waals surface area contributed by atoms with Gasteiger partial charge in [0.25, 0.3) is 0 Å². The van der Waals surface area contributed by atoms with Crippen LogP contribution in [-0.2, 0) is 65.4 Å². The lowest BCUT2D eigenvalue weighted by Gasteiger charge is -2.21. The molecule has 3 N–H and O–H groups in total. The molecule has 19 heteroatoms. The van der Waals surface area contributed by atoms with Crippen LogP contribution in [0.25, 0.3) is 0 Å². The van der Waals surface area contributed by atoms with Gasteiger partial charge in [-0.2, -0.15) is 0 Å². The summed E-state index contributed by atoms with van der Waals surface area (Å²) in [6.45, 7) is 9.66. The summed E-state index contributed by atoms with van der Waals surface area (Å²) in [7, 11) is -9.91. The van der Waals surface area contributed by atoms with Gasteiger partial charge in [0.2, 0.25) is 0 Å². The minimum Gasteiger partial charge on any atom is -0.462 e. The number of aliphatic hydroxyl groups excluding tert-OH is 1. The Morgan fingerprint density at radius 3 is 0.731 bits per heavy atom. The van der Waals surface area contributed by atoms with Crippen molar-refractivity contribution >= 4 is 39.5 Å². The Morgan fingerprint density at radius 2 is 0.490 bits per heavy atom. The number of phosphoric ester groups is 2. The smallest absolute Gasteiger partial charge is 0.462 e. The lowest BCUT2D eigenvalue weighted by atomic mass is 9.99. The molecule has 0 aromatic carbocycles. The molecule has 0 aliphatic rings. The predicted molar refractivity (Wildman–Crippen MR) is 428 cm³/mol. The van der Waals surface area contributed by atoms with Gasteiger partial charge in [-0.25, -0.2) is 9.13 Å². The van der Waals surface area contributed by atoms with E-state index in [-0.39, 0.29) is 25.7 Å². The number of esters is 4. The monoisotopic (exact) mass is 1520 g/mol. The van der Waals surface area contributed by atoms with Gasteiger partial charge in [0.1, 0.15) is 19.3 Å².